The first-order valence-electron chi connectivity index (χ1n) is 11.6. The molecule has 3 aliphatic heterocycles. The third-order valence-corrected chi connectivity index (χ3v) is 23.7. The molecule has 0 amide bonds. The Labute approximate surface area is 241 Å². The van der Waals surface area contributed by atoms with Crippen molar-refractivity contribution in [3.05, 3.63) is 71.3 Å². The van der Waals surface area contributed by atoms with E-state index in [-0.39, 0.29) is 11.6 Å². The summed E-state index contributed by atoms with van der Waals surface area (Å²) in [5.41, 5.74) is 1.80. The third kappa shape index (κ3) is 6.04. The number of rotatable bonds is 4. The van der Waals surface area contributed by atoms with E-state index in [1.165, 1.54) is 24.3 Å². The average Bonchev–Trinajstić information content (AvgIpc) is 3.26. The van der Waals surface area contributed by atoms with E-state index in [9.17, 15) is 8.78 Å². The minimum absolute atomic E-state index is 0.304. The first kappa shape index (κ1) is 29.7. The summed E-state index contributed by atoms with van der Waals surface area (Å²) in [6.07, 6.45) is 0. The Morgan fingerprint density at radius 1 is 0.816 bits per heavy atom. The molecule has 2 atom stereocenters. The average molecular weight is 683 g/mol. The maximum Gasteiger partial charge on any atom is 0.405 e. The van der Waals surface area contributed by atoms with Gasteiger partial charge in [0.05, 0.1) is 6.54 Å². The second kappa shape index (κ2) is 11.1. The Morgan fingerprint density at radius 2 is 1.42 bits per heavy atom. The van der Waals surface area contributed by atoms with E-state index in [4.69, 9.17) is 58.5 Å². The van der Waals surface area contributed by atoms with Gasteiger partial charge in [-0.15, -0.1) is 9.03 Å². The zero-order chi connectivity index (χ0) is 27.3. The maximum absolute atomic E-state index is 13.5. The van der Waals surface area contributed by atoms with Crippen LogP contribution in [0.1, 0.15) is 11.1 Å². The van der Waals surface area contributed by atoms with Crippen LogP contribution < -0.4 is 4.86 Å². The van der Waals surface area contributed by atoms with Gasteiger partial charge in [-0.25, -0.2) is 22.4 Å². The molecule has 208 valence electrons. The Balaban J connectivity index is 1.67. The lowest BCUT2D eigenvalue weighted by Gasteiger charge is -2.37. The molecule has 5 rings (SSSR count). The number of nitrogens with zero attached hydrogens (tertiary/aromatic N) is 7. The van der Waals surface area contributed by atoms with Gasteiger partial charge in [-0.1, -0.05) is 12.1 Å². The lowest BCUT2D eigenvalue weighted by Crippen LogP contribution is -2.25. The zero-order valence-corrected chi connectivity index (χ0v) is 27.2. The molecule has 1 saturated heterocycles. The summed E-state index contributed by atoms with van der Waals surface area (Å²) >= 11 is 28.1. The van der Waals surface area contributed by atoms with Crippen LogP contribution in [0.5, 0.6) is 0 Å². The SMILES string of the molecule is CN1CCN(Cc2ccc(F)cc2)[P@@]12=NP(Cl)(Cl)=N[P@@]1(=[N+](Cc3ccc(F)cc3)CCN1C)N=P(Cl)(Cl)N2. The molecule has 8 nitrogen and oxygen atoms in total. The molecular formula is C20H27Cl4F2N8P4+. The largest absolute Gasteiger partial charge is 0.405 e. The quantitative estimate of drug-likeness (QED) is 0.327. The molecule has 0 saturated carbocycles. The molecule has 0 aromatic heterocycles. The fourth-order valence-electron chi connectivity index (χ4n) is 4.65. The van der Waals surface area contributed by atoms with E-state index in [2.05, 4.69) is 13.9 Å². The lowest BCUT2D eigenvalue weighted by atomic mass is 10.2. The van der Waals surface area contributed by atoms with Crippen molar-refractivity contribution < 1.29 is 13.1 Å². The smallest absolute Gasteiger partial charge is 0.247 e. The van der Waals surface area contributed by atoms with E-state index < -0.39 is 26.8 Å². The molecule has 38 heavy (non-hydrogen) atoms. The third-order valence-electron chi connectivity index (χ3n) is 6.57. The van der Waals surface area contributed by atoms with E-state index in [0.29, 0.717) is 39.3 Å². The van der Waals surface area contributed by atoms with Crippen molar-refractivity contribution in [3.8, 4) is 0 Å². The normalized spacial score (nSPS) is 29.6. The topological polar surface area (TPSA) is 61.8 Å². The Kier molecular flexibility index (Phi) is 8.70. The lowest BCUT2D eigenvalue weighted by molar-refractivity contribution is -0.517. The molecule has 2 aromatic carbocycles. The number of likely N-dealkylation sites (N-methyl/N-ethyl adjacent to an activating group) is 2. The summed E-state index contributed by atoms with van der Waals surface area (Å²) in [5.74, 6) is -7.15. The zero-order valence-electron chi connectivity index (χ0n) is 20.5. The second-order valence-corrected chi connectivity index (χ2v) is 25.5. The molecule has 3 heterocycles. The Bertz CT molecular complexity index is 1460. The van der Waals surface area contributed by atoms with Gasteiger partial charge in [-0.05, 0) is 101 Å². The number of halogens is 6. The van der Waals surface area contributed by atoms with Crippen LogP contribution in [0.15, 0.2) is 62.1 Å². The van der Waals surface area contributed by atoms with Crippen LogP contribution in [-0.4, -0.2) is 58.6 Å². The molecule has 2 aromatic rings. The predicted octanol–water partition coefficient (Wildman–Crippen LogP) is 9.21. The first-order valence-corrected chi connectivity index (χ1v) is 21.9. The number of benzene rings is 2. The molecule has 3 aliphatic rings. The highest BCUT2D eigenvalue weighted by Crippen LogP contribution is 2.84. The number of hydrogen-bond donors (Lipinski definition) is 1. The molecule has 1 fully saturated rings. The summed E-state index contributed by atoms with van der Waals surface area (Å²) in [6, 6.07) is 12.6. The molecule has 0 aliphatic carbocycles. The second-order valence-electron chi connectivity index (χ2n) is 9.20. The van der Waals surface area contributed by atoms with Crippen LogP contribution in [0.4, 0.5) is 8.78 Å². The summed E-state index contributed by atoms with van der Waals surface area (Å²) in [4.78, 5) is 3.44. The van der Waals surface area contributed by atoms with E-state index in [0.717, 1.165) is 11.1 Å². The van der Waals surface area contributed by atoms with Gasteiger partial charge >= 0.3 is 7.51 Å². The van der Waals surface area contributed by atoms with Gasteiger partial charge in [-0.2, -0.15) is 14.0 Å². The Morgan fingerprint density at radius 3 is 2.05 bits per heavy atom. The van der Waals surface area contributed by atoms with Gasteiger partial charge < -0.3 is 0 Å². The van der Waals surface area contributed by atoms with Crippen molar-refractivity contribution >= 4 is 71.8 Å². The highest BCUT2D eigenvalue weighted by Gasteiger charge is 2.50. The fraction of sp³-hybridized carbons (Fsp3) is 0.400. The van der Waals surface area contributed by atoms with Gasteiger partial charge in [0.1, 0.15) is 11.6 Å². The van der Waals surface area contributed by atoms with Crippen molar-refractivity contribution in [1.29, 1.82) is 0 Å². The van der Waals surface area contributed by atoms with E-state index >= 15 is 0 Å². The van der Waals surface area contributed by atoms with Crippen molar-refractivity contribution in [2.24, 2.45) is 13.5 Å². The van der Waals surface area contributed by atoms with Gasteiger partial charge in [0.15, 0.2) is 20.6 Å². The maximum atomic E-state index is 13.5. The summed E-state index contributed by atoms with van der Waals surface area (Å²) < 4.78 is 50.4. The number of nitrogens with one attached hydrogen (secondary N) is 1. The summed E-state index contributed by atoms with van der Waals surface area (Å²) in [7, 11) is -1.93. The van der Waals surface area contributed by atoms with Crippen LogP contribution in [0.2, 0.25) is 0 Å². The highest BCUT2D eigenvalue weighted by atomic mass is 35.9. The van der Waals surface area contributed by atoms with Crippen LogP contribution in [0.3, 0.4) is 0 Å². The minimum atomic E-state index is -3.32. The Hall–Kier alpha value is 0.220. The van der Waals surface area contributed by atoms with Crippen LogP contribution in [0, 0.1) is 11.6 Å². The van der Waals surface area contributed by atoms with Crippen molar-refractivity contribution in [3.63, 3.8) is 0 Å². The van der Waals surface area contributed by atoms with Crippen LogP contribution in [-0.2, 0) is 13.1 Å². The summed E-state index contributed by atoms with van der Waals surface area (Å²) in [5, 5.41) is 0. The van der Waals surface area contributed by atoms with E-state index in [1.54, 1.807) is 24.3 Å². The van der Waals surface area contributed by atoms with Crippen LogP contribution in [0.25, 0.3) is 0 Å². The van der Waals surface area contributed by atoms with Gasteiger partial charge in [-0.3, -0.25) is 0 Å². The van der Waals surface area contributed by atoms with Crippen LogP contribution >= 0.6 is 71.8 Å². The summed E-state index contributed by atoms with van der Waals surface area (Å²) in [6.45, 7) is 3.52. The highest BCUT2D eigenvalue weighted by molar-refractivity contribution is 8.17. The number of hydrogen-bond acceptors (Lipinski definition) is 7. The van der Waals surface area contributed by atoms with Crippen molar-refractivity contribution in [2.45, 2.75) is 13.1 Å². The van der Waals surface area contributed by atoms with E-state index in [1.807, 2.05) is 23.4 Å². The molecule has 0 unspecified atom stereocenters. The minimum Gasteiger partial charge on any atom is -0.247 e. The van der Waals surface area contributed by atoms with Gasteiger partial charge in [0, 0.05) is 25.2 Å². The molecule has 0 radical (unpaired) electrons. The van der Waals surface area contributed by atoms with Crippen molar-refractivity contribution in [1.82, 2.24) is 18.9 Å². The van der Waals surface area contributed by atoms with Gasteiger partial charge in [0.2, 0.25) is 5.91 Å². The molecule has 18 heteroatoms. The molecular weight excluding hydrogens is 656 g/mol. The van der Waals surface area contributed by atoms with Crippen molar-refractivity contribution in [2.75, 3.05) is 40.3 Å². The van der Waals surface area contributed by atoms with Gasteiger partial charge in [0.25, 0.3) is 5.91 Å². The molecule has 0 bridgehead atoms. The molecule has 1 N–H and O–H groups in total. The molecule has 2 spiro atoms. The predicted molar refractivity (Wildman–Crippen MR) is 159 cm³/mol. The standard InChI is InChI=1S/C20H27Cl4F2N8P4/c1-31-11-13-33(15-17-3-7-19(25)8-4-17)37(31)27-35(21,22)29-38(30-36(23,24)28-37)32(2)12-14-34(38)16-18-5-9-20(26)10-6-18/h3-10,27H,11-16H2,1-2H3/q+1/t37-,38-/m0/s1. The monoisotopic (exact) mass is 681 g/mol. The first-order chi connectivity index (χ1) is 17.8. The fourth-order valence-corrected chi connectivity index (χ4v) is 25.4.